The predicted octanol–water partition coefficient (Wildman–Crippen LogP) is 4.89. The minimum Gasteiger partial charge on any atom is -0.761 e. The second-order valence-electron chi connectivity index (χ2n) is 7.65. The number of carbonyl (C=O) groups excluding carboxylic acids is 1. The van der Waals surface area contributed by atoms with Crippen LogP contribution in [-0.2, 0) is 6.54 Å². The number of unbranched alkanes of at least 4 members (excludes halogenated alkanes) is 1. The van der Waals surface area contributed by atoms with E-state index in [0.717, 1.165) is 38.0 Å². The van der Waals surface area contributed by atoms with Crippen LogP contribution in [0.25, 0.3) is 0 Å². The average molecular weight is 396 g/mol. The van der Waals surface area contributed by atoms with Crippen molar-refractivity contribution in [3.8, 4) is 0 Å². The van der Waals surface area contributed by atoms with Gasteiger partial charge in [0, 0.05) is 37.1 Å². The highest BCUT2D eigenvalue weighted by Gasteiger charge is 2.28. The summed E-state index contributed by atoms with van der Waals surface area (Å²) < 4.78 is 0. The molecule has 0 saturated carbocycles. The van der Waals surface area contributed by atoms with Crippen LogP contribution in [0.15, 0.2) is 54.6 Å². The Bertz CT molecular complexity index is 760. The van der Waals surface area contributed by atoms with Crippen LogP contribution in [0.1, 0.15) is 38.2 Å². The van der Waals surface area contributed by atoms with Gasteiger partial charge in [0.25, 0.3) is 0 Å². The highest BCUT2D eigenvalue weighted by atomic mass is 16.5. The van der Waals surface area contributed by atoms with Crippen molar-refractivity contribution in [3.63, 3.8) is 0 Å². The van der Waals surface area contributed by atoms with E-state index in [4.69, 9.17) is 0 Å². The third-order valence-corrected chi connectivity index (χ3v) is 5.51. The molecular formula is C23H31N4O2-. The first-order chi connectivity index (χ1) is 14.2. The first-order valence-electron chi connectivity index (χ1n) is 10.5. The van der Waals surface area contributed by atoms with Gasteiger partial charge in [-0.05, 0) is 49.6 Å². The molecule has 0 aromatic heterocycles. The number of carbonyl (C=O) groups is 1. The van der Waals surface area contributed by atoms with Crippen molar-refractivity contribution < 1.29 is 4.79 Å². The van der Waals surface area contributed by atoms with E-state index in [-0.39, 0.29) is 12.1 Å². The van der Waals surface area contributed by atoms with Crippen LogP contribution in [-0.4, -0.2) is 41.5 Å². The second kappa shape index (κ2) is 10.8. The zero-order valence-electron chi connectivity index (χ0n) is 17.1. The Kier molecular flexibility index (Phi) is 7.90. The molecule has 156 valence electrons. The maximum atomic E-state index is 13.2. The lowest BCUT2D eigenvalue weighted by atomic mass is 10.0. The molecule has 3 rings (SSSR count). The first kappa shape index (κ1) is 21.1. The lowest BCUT2D eigenvalue weighted by molar-refractivity contribution is 0.122. The number of piperidine rings is 1. The lowest BCUT2D eigenvalue weighted by Crippen LogP contribution is -2.48. The molecule has 0 aliphatic carbocycles. The Hall–Kier alpha value is -2.57. The van der Waals surface area contributed by atoms with Crippen molar-refractivity contribution in [2.24, 2.45) is 0 Å². The van der Waals surface area contributed by atoms with E-state index >= 15 is 0 Å². The molecule has 1 aliphatic heterocycles. The predicted molar refractivity (Wildman–Crippen MR) is 119 cm³/mol. The molecule has 6 heteroatoms. The van der Waals surface area contributed by atoms with Gasteiger partial charge in [-0.2, -0.15) is 0 Å². The normalized spacial score (nSPS) is 15.1. The standard InChI is InChI=1S/C23H31N4O2/c1-2-3-14-26-15-12-22(13-16-26)27(18-19-8-5-4-6-9-19)23(28)24-20-10-7-11-21(17-20)25-29/h4-11,17,22,25H,2-3,12-16,18H2,1H3,(H,24,28)/q-1. The van der Waals surface area contributed by atoms with Crippen molar-refractivity contribution >= 4 is 17.4 Å². The van der Waals surface area contributed by atoms with Crippen molar-refractivity contribution in [2.75, 3.05) is 30.4 Å². The van der Waals surface area contributed by atoms with Crippen LogP contribution in [0, 0.1) is 5.21 Å². The number of likely N-dealkylation sites (tertiary alicyclic amines) is 1. The summed E-state index contributed by atoms with van der Waals surface area (Å²) >= 11 is 0. The number of hydrogen-bond donors (Lipinski definition) is 2. The quantitative estimate of drug-likeness (QED) is 0.624. The van der Waals surface area contributed by atoms with Crippen LogP contribution in [0.5, 0.6) is 0 Å². The summed E-state index contributed by atoms with van der Waals surface area (Å²) in [4.78, 5) is 17.6. The summed E-state index contributed by atoms with van der Waals surface area (Å²) in [6.45, 7) is 5.99. The molecule has 1 heterocycles. The lowest BCUT2D eigenvalue weighted by Gasteiger charge is -2.38. The summed E-state index contributed by atoms with van der Waals surface area (Å²) in [7, 11) is 0. The van der Waals surface area contributed by atoms with Crippen molar-refractivity contribution in [2.45, 2.75) is 45.2 Å². The molecule has 0 spiro atoms. The molecule has 29 heavy (non-hydrogen) atoms. The minimum absolute atomic E-state index is 0.121. The van der Waals surface area contributed by atoms with Crippen LogP contribution in [0.2, 0.25) is 0 Å². The van der Waals surface area contributed by atoms with Gasteiger partial charge in [0.2, 0.25) is 0 Å². The van der Waals surface area contributed by atoms with Crippen LogP contribution < -0.4 is 10.8 Å². The van der Waals surface area contributed by atoms with E-state index in [1.807, 2.05) is 28.6 Å². The van der Waals surface area contributed by atoms with Gasteiger partial charge in [0.05, 0.1) is 0 Å². The fraction of sp³-hybridized carbons (Fsp3) is 0.435. The SMILES string of the molecule is CCCCN1CCC(N(Cc2ccccc2)C(=O)Nc2cccc(N[O-])c2)CC1. The fourth-order valence-electron chi connectivity index (χ4n) is 3.84. The minimum atomic E-state index is -0.121. The monoisotopic (exact) mass is 395 g/mol. The third-order valence-electron chi connectivity index (χ3n) is 5.51. The van der Waals surface area contributed by atoms with Gasteiger partial charge in [-0.1, -0.05) is 49.7 Å². The molecule has 1 saturated heterocycles. The van der Waals surface area contributed by atoms with Gasteiger partial charge < -0.3 is 25.8 Å². The summed E-state index contributed by atoms with van der Waals surface area (Å²) in [5, 5.41) is 13.9. The van der Waals surface area contributed by atoms with E-state index in [9.17, 15) is 10.0 Å². The van der Waals surface area contributed by atoms with E-state index in [1.54, 1.807) is 24.3 Å². The number of amides is 2. The van der Waals surface area contributed by atoms with Gasteiger partial charge in [0.15, 0.2) is 0 Å². The van der Waals surface area contributed by atoms with Crippen molar-refractivity contribution in [3.05, 3.63) is 65.4 Å². The number of nitrogens with zero attached hydrogens (tertiary/aromatic N) is 2. The zero-order chi connectivity index (χ0) is 20.5. The maximum absolute atomic E-state index is 13.2. The van der Waals surface area contributed by atoms with Gasteiger partial charge in [-0.25, -0.2) is 4.79 Å². The molecule has 0 radical (unpaired) electrons. The van der Waals surface area contributed by atoms with Crippen LogP contribution in [0.3, 0.4) is 0 Å². The molecule has 1 fully saturated rings. The van der Waals surface area contributed by atoms with Crippen molar-refractivity contribution in [1.82, 2.24) is 9.80 Å². The Balaban J connectivity index is 1.70. The second-order valence-corrected chi connectivity index (χ2v) is 7.65. The topological polar surface area (TPSA) is 70.7 Å². The van der Waals surface area contributed by atoms with E-state index < -0.39 is 0 Å². The molecule has 1 aliphatic rings. The number of benzene rings is 2. The molecule has 2 aromatic rings. The fourth-order valence-corrected chi connectivity index (χ4v) is 3.84. The maximum Gasteiger partial charge on any atom is 0.322 e. The Labute approximate surface area is 173 Å². The Morgan fingerprint density at radius 3 is 2.52 bits per heavy atom. The third kappa shape index (κ3) is 6.21. The highest BCUT2D eigenvalue weighted by molar-refractivity contribution is 5.90. The van der Waals surface area contributed by atoms with E-state index in [1.165, 1.54) is 12.8 Å². The molecule has 6 nitrogen and oxygen atoms in total. The summed E-state index contributed by atoms with van der Waals surface area (Å²) in [5.41, 5.74) is 4.04. The number of nitrogens with one attached hydrogen (secondary N) is 2. The molecular weight excluding hydrogens is 364 g/mol. The van der Waals surface area contributed by atoms with E-state index in [2.05, 4.69) is 29.3 Å². The number of rotatable bonds is 8. The summed E-state index contributed by atoms with van der Waals surface area (Å²) in [6, 6.07) is 17.1. The van der Waals surface area contributed by atoms with Crippen molar-refractivity contribution in [1.29, 1.82) is 0 Å². The largest absolute Gasteiger partial charge is 0.761 e. The number of hydrogen-bond acceptors (Lipinski definition) is 4. The summed E-state index contributed by atoms with van der Waals surface area (Å²) in [6.07, 6.45) is 4.39. The molecule has 2 aromatic carbocycles. The highest BCUT2D eigenvalue weighted by Crippen LogP contribution is 2.22. The van der Waals surface area contributed by atoms with Crippen LogP contribution >= 0.6 is 0 Å². The number of urea groups is 1. The smallest absolute Gasteiger partial charge is 0.322 e. The van der Waals surface area contributed by atoms with Gasteiger partial charge >= 0.3 is 6.03 Å². The molecule has 2 amide bonds. The van der Waals surface area contributed by atoms with Gasteiger partial charge in [-0.3, -0.25) is 0 Å². The van der Waals surface area contributed by atoms with Gasteiger partial charge in [-0.15, -0.1) is 0 Å². The van der Waals surface area contributed by atoms with Gasteiger partial charge in [0.1, 0.15) is 0 Å². The Morgan fingerprint density at radius 2 is 1.83 bits per heavy atom. The molecule has 0 unspecified atom stereocenters. The summed E-state index contributed by atoms with van der Waals surface area (Å²) in [5.74, 6) is 0. The molecule has 0 bridgehead atoms. The first-order valence-corrected chi connectivity index (χ1v) is 10.5. The molecule has 2 N–H and O–H groups in total. The molecule has 0 atom stereocenters. The van der Waals surface area contributed by atoms with Crippen LogP contribution in [0.4, 0.5) is 16.2 Å². The zero-order valence-corrected chi connectivity index (χ0v) is 17.1. The Morgan fingerprint density at radius 1 is 1.10 bits per heavy atom. The average Bonchev–Trinajstić information content (AvgIpc) is 2.77. The number of anilines is 2. The van der Waals surface area contributed by atoms with E-state index in [0.29, 0.717) is 17.9 Å².